The largest absolute Gasteiger partial charge is 0.465 e. The van der Waals surface area contributed by atoms with Crippen molar-refractivity contribution in [3.05, 3.63) is 35.4 Å². The summed E-state index contributed by atoms with van der Waals surface area (Å²) in [5.74, 6) is 1.37. The Morgan fingerprint density at radius 2 is 2.00 bits per heavy atom. The van der Waals surface area contributed by atoms with Gasteiger partial charge in [-0.2, -0.15) is 0 Å². The van der Waals surface area contributed by atoms with Crippen LogP contribution in [0.15, 0.2) is 24.3 Å². The first-order valence-electron chi connectivity index (χ1n) is 8.02. The minimum atomic E-state index is -0.268. The maximum atomic E-state index is 11.5. The Hall–Kier alpha value is -1.35. The minimum Gasteiger partial charge on any atom is -0.465 e. The van der Waals surface area contributed by atoms with Crippen LogP contribution in [0.1, 0.15) is 49.0 Å². The van der Waals surface area contributed by atoms with Crippen LogP contribution < -0.4 is 0 Å². The van der Waals surface area contributed by atoms with Crippen molar-refractivity contribution >= 4 is 5.97 Å². The zero-order valence-electron chi connectivity index (χ0n) is 13.5. The van der Waals surface area contributed by atoms with Gasteiger partial charge in [0.15, 0.2) is 0 Å². The number of ether oxygens (including phenoxy) is 1. The van der Waals surface area contributed by atoms with Crippen LogP contribution in [0.25, 0.3) is 0 Å². The molecule has 1 atom stereocenters. The molecule has 0 spiro atoms. The Morgan fingerprint density at radius 3 is 2.52 bits per heavy atom. The Balaban J connectivity index is 1.96. The normalized spacial score (nSPS) is 16.0. The van der Waals surface area contributed by atoms with Gasteiger partial charge in [0, 0.05) is 19.6 Å². The lowest BCUT2D eigenvalue weighted by Crippen LogP contribution is -2.30. The number of carbonyl (C=O) groups is 1. The fraction of sp³-hybridized carbons (Fsp3) is 0.611. The van der Waals surface area contributed by atoms with Gasteiger partial charge in [-0.1, -0.05) is 32.4 Å². The van der Waals surface area contributed by atoms with E-state index in [4.69, 9.17) is 4.74 Å². The van der Waals surface area contributed by atoms with E-state index in [1.807, 2.05) is 24.3 Å². The van der Waals surface area contributed by atoms with E-state index in [0.717, 1.165) is 24.9 Å². The van der Waals surface area contributed by atoms with Crippen molar-refractivity contribution in [1.29, 1.82) is 0 Å². The highest BCUT2D eigenvalue weighted by atomic mass is 16.5. The summed E-state index contributed by atoms with van der Waals surface area (Å²) in [6, 6.07) is 7.81. The standard InChI is InChI=1S/C18H27NO2/c1-4-14(2)11-19(12-15-5-6-15)13-16-7-9-17(10-8-16)18(20)21-3/h7-10,14-15H,4-6,11-13H2,1-3H3. The Labute approximate surface area is 128 Å². The zero-order valence-corrected chi connectivity index (χ0v) is 13.5. The minimum absolute atomic E-state index is 0.268. The quantitative estimate of drug-likeness (QED) is 0.683. The Morgan fingerprint density at radius 1 is 1.33 bits per heavy atom. The third-order valence-electron chi connectivity index (χ3n) is 4.26. The molecule has 0 heterocycles. The number of nitrogens with zero attached hydrogens (tertiary/aromatic N) is 1. The molecule has 1 unspecified atom stereocenters. The zero-order chi connectivity index (χ0) is 15.2. The van der Waals surface area contributed by atoms with Crippen LogP contribution in [-0.4, -0.2) is 31.1 Å². The van der Waals surface area contributed by atoms with E-state index >= 15 is 0 Å². The number of hydrogen-bond acceptors (Lipinski definition) is 3. The van der Waals surface area contributed by atoms with Crippen molar-refractivity contribution in [2.75, 3.05) is 20.2 Å². The first-order chi connectivity index (χ1) is 10.1. The smallest absolute Gasteiger partial charge is 0.337 e. The molecule has 116 valence electrons. The van der Waals surface area contributed by atoms with Gasteiger partial charge < -0.3 is 4.74 Å². The predicted octanol–water partition coefficient (Wildman–Crippen LogP) is 3.73. The van der Waals surface area contributed by atoms with Gasteiger partial charge in [0.2, 0.25) is 0 Å². The van der Waals surface area contributed by atoms with Crippen LogP contribution >= 0.6 is 0 Å². The highest BCUT2D eigenvalue weighted by Gasteiger charge is 2.24. The molecule has 0 bridgehead atoms. The highest BCUT2D eigenvalue weighted by molar-refractivity contribution is 5.89. The summed E-state index contributed by atoms with van der Waals surface area (Å²) >= 11 is 0. The number of rotatable bonds is 8. The molecule has 1 aliphatic carbocycles. The monoisotopic (exact) mass is 289 g/mol. The van der Waals surface area contributed by atoms with E-state index < -0.39 is 0 Å². The van der Waals surface area contributed by atoms with E-state index in [-0.39, 0.29) is 5.97 Å². The molecule has 1 aliphatic rings. The van der Waals surface area contributed by atoms with Crippen LogP contribution in [0, 0.1) is 11.8 Å². The lowest BCUT2D eigenvalue weighted by molar-refractivity contribution is 0.0600. The number of methoxy groups -OCH3 is 1. The molecule has 1 saturated carbocycles. The molecule has 1 fully saturated rings. The molecule has 1 aromatic carbocycles. The fourth-order valence-electron chi connectivity index (χ4n) is 2.56. The number of carbonyl (C=O) groups excluding carboxylic acids is 1. The van der Waals surface area contributed by atoms with Crippen LogP contribution in [0.2, 0.25) is 0 Å². The van der Waals surface area contributed by atoms with Crippen LogP contribution in [0.5, 0.6) is 0 Å². The van der Waals surface area contributed by atoms with Gasteiger partial charge in [0.1, 0.15) is 0 Å². The summed E-state index contributed by atoms with van der Waals surface area (Å²) in [6.45, 7) is 7.92. The van der Waals surface area contributed by atoms with Crippen molar-refractivity contribution < 1.29 is 9.53 Å². The second-order valence-corrected chi connectivity index (χ2v) is 6.34. The molecule has 3 nitrogen and oxygen atoms in total. The van der Waals surface area contributed by atoms with E-state index in [1.165, 1.54) is 38.5 Å². The van der Waals surface area contributed by atoms with Gasteiger partial charge in [-0.25, -0.2) is 4.79 Å². The highest BCUT2D eigenvalue weighted by Crippen LogP contribution is 2.30. The maximum absolute atomic E-state index is 11.5. The van der Waals surface area contributed by atoms with E-state index in [2.05, 4.69) is 18.7 Å². The average molecular weight is 289 g/mol. The molecule has 2 rings (SSSR count). The second-order valence-electron chi connectivity index (χ2n) is 6.34. The van der Waals surface area contributed by atoms with Crippen LogP contribution in [-0.2, 0) is 11.3 Å². The molecular weight excluding hydrogens is 262 g/mol. The van der Waals surface area contributed by atoms with Gasteiger partial charge in [-0.15, -0.1) is 0 Å². The maximum Gasteiger partial charge on any atom is 0.337 e. The topological polar surface area (TPSA) is 29.5 Å². The summed E-state index contributed by atoms with van der Waals surface area (Å²) in [5.41, 5.74) is 1.89. The summed E-state index contributed by atoms with van der Waals surface area (Å²) < 4.78 is 4.74. The predicted molar refractivity (Wildman–Crippen MR) is 85.2 cm³/mol. The molecule has 0 radical (unpaired) electrons. The average Bonchev–Trinajstić information content (AvgIpc) is 3.31. The summed E-state index contributed by atoms with van der Waals surface area (Å²) in [5, 5.41) is 0. The third-order valence-corrected chi connectivity index (χ3v) is 4.26. The van der Waals surface area contributed by atoms with E-state index in [9.17, 15) is 4.79 Å². The molecule has 0 N–H and O–H groups in total. The summed E-state index contributed by atoms with van der Waals surface area (Å²) in [4.78, 5) is 14.0. The molecule has 0 amide bonds. The number of hydrogen-bond donors (Lipinski definition) is 0. The van der Waals surface area contributed by atoms with E-state index in [1.54, 1.807) is 0 Å². The van der Waals surface area contributed by atoms with Gasteiger partial charge >= 0.3 is 5.97 Å². The Kier molecular flexibility index (Phi) is 5.80. The van der Waals surface area contributed by atoms with Crippen molar-refractivity contribution in [1.82, 2.24) is 4.90 Å². The van der Waals surface area contributed by atoms with Crippen molar-refractivity contribution in [2.45, 2.75) is 39.7 Å². The SMILES string of the molecule is CCC(C)CN(Cc1ccc(C(=O)OC)cc1)CC1CC1. The fourth-order valence-corrected chi connectivity index (χ4v) is 2.56. The number of benzene rings is 1. The lowest BCUT2D eigenvalue weighted by Gasteiger charge is -2.25. The second kappa shape index (κ2) is 7.60. The molecular formula is C18H27NO2. The number of esters is 1. The summed E-state index contributed by atoms with van der Waals surface area (Å²) in [6.07, 6.45) is 4.00. The molecule has 0 saturated heterocycles. The summed E-state index contributed by atoms with van der Waals surface area (Å²) in [7, 11) is 1.42. The van der Waals surface area contributed by atoms with E-state index in [0.29, 0.717) is 5.56 Å². The van der Waals surface area contributed by atoms with Crippen molar-refractivity contribution in [3.8, 4) is 0 Å². The van der Waals surface area contributed by atoms with Crippen LogP contribution in [0.4, 0.5) is 0 Å². The van der Waals surface area contributed by atoms with Gasteiger partial charge in [-0.05, 0) is 42.4 Å². The Bertz CT molecular complexity index is 451. The van der Waals surface area contributed by atoms with Gasteiger partial charge in [0.25, 0.3) is 0 Å². The van der Waals surface area contributed by atoms with Gasteiger partial charge in [-0.3, -0.25) is 4.90 Å². The lowest BCUT2D eigenvalue weighted by atomic mass is 10.1. The molecule has 21 heavy (non-hydrogen) atoms. The van der Waals surface area contributed by atoms with Gasteiger partial charge in [0.05, 0.1) is 12.7 Å². The first kappa shape index (κ1) is 16.0. The molecule has 1 aromatic rings. The van der Waals surface area contributed by atoms with Crippen molar-refractivity contribution in [2.24, 2.45) is 11.8 Å². The molecule has 3 heteroatoms. The molecule has 0 aliphatic heterocycles. The van der Waals surface area contributed by atoms with Crippen molar-refractivity contribution in [3.63, 3.8) is 0 Å². The third kappa shape index (κ3) is 5.16. The van der Waals surface area contributed by atoms with Crippen LogP contribution in [0.3, 0.4) is 0 Å². The first-order valence-corrected chi connectivity index (χ1v) is 8.02. The molecule has 0 aromatic heterocycles.